The minimum Gasteiger partial charge on any atom is -0.396 e. The summed E-state index contributed by atoms with van der Waals surface area (Å²) in [6.45, 7) is 3.20. The lowest BCUT2D eigenvalue weighted by Gasteiger charge is -2.32. The zero-order valence-electron chi connectivity index (χ0n) is 9.74. The van der Waals surface area contributed by atoms with Crippen LogP contribution in [-0.4, -0.2) is 48.5 Å². The third-order valence-electron chi connectivity index (χ3n) is 2.90. The standard InChI is InChI=1S/C11H23NO2S/c1-9-11(4-3-7-15-9)12-10(5-6-13)8-14-2/h9-13H,3-8H2,1-2H3. The molecule has 0 spiro atoms. The highest BCUT2D eigenvalue weighted by molar-refractivity contribution is 7.99. The van der Waals surface area contributed by atoms with Gasteiger partial charge < -0.3 is 15.2 Å². The highest BCUT2D eigenvalue weighted by Crippen LogP contribution is 2.25. The topological polar surface area (TPSA) is 41.5 Å². The maximum atomic E-state index is 8.96. The molecule has 1 aliphatic heterocycles. The number of aliphatic hydroxyl groups is 1. The van der Waals surface area contributed by atoms with Crippen molar-refractivity contribution in [1.29, 1.82) is 0 Å². The Morgan fingerprint density at radius 3 is 3.00 bits per heavy atom. The van der Waals surface area contributed by atoms with Crippen molar-refractivity contribution in [2.45, 2.75) is 43.5 Å². The molecule has 1 aliphatic rings. The Balaban J connectivity index is 2.33. The molecule has 4 heteroatoms. The number of rotatable bonds is 6. The number of thioether (sulfide) groups is 1. The largest absolute Gasteiger partial charge is 0.396 e. The molecule has 3 nitrogen and oxygen atoms in total. The van der Waals surface area contributed by atoms with Crippen molar-refractivity contribution in [3.63, 3.8) is 0 Å². The van der Waals surface area contributed by atoms with E-state index < -0.39 is 0 Å². The Morgan fingerprint density at radius 1 is 1.60 bits per heavy atom. The smallest absolute Gasteiger partial charge is 0.0616 e. The number of aliphatic hydroxyl groups excluding tert-OH is 1. The highest BCUT2D eigenvalue weighted by atomic mass is 32.2. The average Bonchev–Trinajstić information content (AvgIpc) is 2.22. The number of nitrogens with one attached hydrogen (secondary N) is 1. The fraction of sp³-hybridized carbons (Fsp3) is 1.00. The molecule has 0 aliphatic carbocycles. The van der Waals surface area contributed by atoms with Crippen molar-refractivity contribution in [1.82, 2.24) is 5.32 Å². The summed E-state index contributed by atoms with van der Waals surface area (Å²) in [5.41, 5.74) is 0. The lowest BCUT2D eigenvalue weighted by atomic mass is 10.1. The lowest BCUT2D eigenvalue weighted by molar-refractivity contribution is 0.141. The minimum absolute atomic E-state index is 0.231. The first-order valence-corrected chi connectivity index (χ1v) is 6.80. The minimum atomic E-state index is 0.231. The molecule has 15 heavy (non-hydrogen) atoms. The normalized spacial score (nSPS) is 29.0. The Kier molecular flexibility index (Phi) is 6.64. The summed E-state index contributed by atoms with van der Waals surface area (Å²) in [5, 5.41) is 13.2. The Labute approximate surface area is 97.0 Å². The molecule has 0 bridgehead atoms. The van der Waals surface area contributed by atoms with Crippen LogP contribution >= 0.6 is 11.8 Å². The van der Waals surface area contributed by atoms with Crippen molar-refractivity contribution in [3.8, 4) is 0 Å². The van der Waals surface area contributed by atoms with Gasteiger partial charge in [-0.1, -0.05) is 6.92 Å². The first kappa shape index (κ1) is 13.3. The molecule has 1 heterocycles. The van der Waals surface area contributed by atoms with Gasteiger partial charge in [0.05, 0.1) is 6.61 Å². The first-order valence-electron chi connectivity index (χ1n) is 5.75. The summed E-state index contributed by atoms with van der Waals surface area (Å²) in [5.74, 6) is 1.29. The third kappa shape index (κ3) is 4.72. The lowest BCUT2D eigenvalue weighted by Crippen LogP contribution is -2.47. The second-order valence-electron chi connectivity index (χ2n) is 4.16. The van der Waals surface area contributed by atoms with Crippen molar-refractivity contribution in [2.75, 3.05) is 26.1 Å². The summed E-state index contributed by atoms with van der Waals surface area (Å²) in [6.07, 6.45) is 3.33. The van der Waals surface area contributed by atoms with Crippen molar-refractivity contribution >= 4 is 11.8 Å². The molecule has 0 saturated carbocycles. The van der Waals surface area contributed by atoms with E-state index >= 15 is 0 Å². The monoisotopic (exact) mass is 233 g/mol. The van der Waals surface area contributed by atoms with Crippen LogP contribution in [0.2, 0.25) is 0 Å². The molecule has 1 saturated heterocycles. The van der Waals surface area contributed by atoms with Crippen LogP contribution in [0.25, 0.3) is 0 Å². The van der Waals surface area contributed by atoms with Crippen molar-refractivity contribution in [3.05, 3.63) is 0 Å². The first-order chi connectivity index (χ1) is 7.27. The molecule has 3 unspecified atom stereocenters. The second kappa shape index (κ2) is 7.49. The number of hydrogen-bond donors (Lipinski definition) is 2. The van der Waals surface area contributed by atoms with Gasteiger partial charge in [-0.2, -0.15) is 11.8 Å². The zero-order chi connectivity index (χ0) is 11.1. The Bertz CT molecular complexity index is 163. The quantitative estimate of drug-likeness (QED) is 0.725. The fourth-order valence-corrected chi connectivity index (χ4v) is 3.17. The van der Waals surface area contributed by atoms with Crippen LogP contribution in [0.1, 0.15) is 26.2 Å². The number of ether oxygens (including phenoxy) is 1. The van der Waals surface area contributed by atoms with E-state index in [1.165, 1.54) is 18.6 Å². The van der Waals surface area contributed by atoms with E-state index in [1.54, 1.807) is 7.11 Å². The van der Waals surface area contributed by atoms with Gasteiger partial charge in [-0.15, -0.1) is 0 Å². The Morgan fingerprint density at radius 2 is 2.40 bits per heavy atom. The molecule has 1 fully saturated rings. The van der Waals surface area contributed by atoms with Crippen LogP contribution in [0, 0.1) is 0 Å². The van der Waals surface area contributed by atoms with Crippen LogP contribution in [0.15, 0.2) is 0 Å². The van der Waals surface area contributed by atoms with Gasteiger partial charge in [0.2, 0.25) is 0 Å². The van der Waals surface area contributed by atoms with Gasteiger partial charge >= 0.3 is 0 Å². The molecule has 0 amide bonds. The third-order valence-corrected chi connectivity index (χ3v) is 4.28. The second-order valence-corrected chi connectivity index (χ2v) is 5.64. The van der Waals surface area contributed by atoms with E-state index in [0.717, 1.165) is 6.42 Å². The van der Waals surface area contributed by atoms with Crippen molar-refractivity contribution < 1.29 is 9.84 Å². The molecule has 0 radical (unpaired) electrons. The summed E-state index contributed by atoms with van der Waals surface area (Å²) in [7, 11) is 1.71. The maximum absolute atomic E-state index is 8.96. The molecule has 90 valence electrons. The van der Waals surface area contributed by atoms with Gasteiger partial charge in [-0.3, -0.25) is 0 Å². The average molecular weight is 233 g/mol. The Hall–Kier alpha value is 0.230. The molecular formula is C11H23NO2S. The predicted molar refractivity (Wildman–Crippen MR) is 65.4 cm³/mol. The van der Waals surface area contributed by atoms with E-state index in [1.807, 2.05) is 11.8 Å². The molecule has 2 N–H and O–H groups in total. The SMILES string of the molecule is COCC(CCO)NC1CCCSC1C. The van der Waals surface area contributed by atoms with Gasteiger partial charge in [0.15, 0.2) is 0 Å². The van der Waals surface area contributed by atoms with Gasteiger partial charge in [0, 0.05) is 31.1 Å². The van der Waals surface area contributed by atoms with E-state index in [0.29, 0.717) is 23.9 Å². The molecule has 0 aromatic carbocycles. The van der Waals surface area contributed by atoms with Crippen LogP contribution < -0.4 is 5.32 Å². The van der Waals surface area contributed by atoms with Gasteiger partial charge in [0.25, 0.3) is 0 Å². The zero-order valence-corrected chi connectivity index (χ0v) is 10.6. The number of hydrogen-bond acceptors (Lipinski definition) is 4. The molecular weight excluding hydrogens is 210 g/mol. The molecule has 0 aromatic rings. The molecule has 3 atom stereocenters. The van der Waals surface area contributed by atoms with Crippen molar-refractivity contribution in [2.24, 2.45) is 0 Å². The van der Waals surface area contributed by atoms with Crippen LogP contribution in [0.4, 0.5) is 0 Å². The van der Waals surface area contributed by atoms with Crippen LogP contribution in [0.3, 0.4) is 0 Å². The van der Waals surface area contributed by atoms with E-state index in [9.17, 15) is 0 Å². The predicted octanol–water partition coefficient (Wildman–Crippen LogP) is 1.26. The fourth-order valence-electron chi connectivity index (χ4n) is 2.02. The molecule has 1 rings (SSSR count). The summed E-state index contributed by atoms with van der Waals surface area (Å²) < 4.78 is 5.15. The maximum Gasteiger partial charge on any atom is 0.0616 e. The van der Waals surface area contributed by atoms with Gasteiger partial charge in [0.1, 0.15) is 0 Å². The van der Waals surface area contributed by atoms with Gasteiger partial charge in [-0.05, 0) is 25.0 Å². The van der Waals surface area contributed by atoms with Crippen LogP contribution in [0.5, 0.6) is 0 Å². The summed E-state index contributed by atoms with van der Waals surface area (Å²) in [6, 6.07) is 0.876. The van der Waals surface area contributed by atoms with Gasteiger partial charge in [-0.25, -0.2) is 0 Å². The summed E-state index contributed by atoms with van der Waals surface area (Å²) in [4.78, 5) is 0. The molecule has 0 aromatic heterocycles. The van der Waals surface area contributed by atoms with Crippen LogP contribution in [-0.2, 0) is 4.74 Å². The highest BCUT2D eigenvalue weighted by Gasteiger charge is 2.23. The van der Waals surface area contributed by atoms with E-state index in [-0.39, 0.29) is 6.61 Å². The van der Waals surface area contributed by atoms with E-state index in [4.69, 9.17) is 9.84 Å². The number of methoxy groups -OCH3 is 1. The van der Waals surface area contributed by atoms with E-state index in [2.05, 4.69) is 12.2 Å². The summed E-state index contributed by atoms with van der Waals surface area (Å²) >= 11 is 2.04.